The van der Waals surface area contributed by atoms with Crippen molar-refractivity contribution in [1.29, 1.82) is 0 Å². The van der Waals surface area contributed by atoms with Gasteiger partial charge in [-0.15, -0.1) is 11.3 Å². The van der Waals surface area contributed by atoms with Crippen molar-refractivity contribution >= 4 is 17.2 Å². The van der Waals surface area contributed by atoms with Crippen LogP contribution in [0, 0.1) is 6.92 Å². The SMILES string of the molecule is Cc1nc(-c2ccccc2)sc1C(=O)NCc1ccc(-c2ccn[nH]2)cc1. The summed E-state index contributed by atoms with van der Waals surface area (Å²) in [6.07, 6.45) is 1.73. The number of rotatable bonds is 5. The van der Waals surface area contributed by atoms with Gasteiger partial charge in [-0.2, -0.15) is 5.10 Å². The van der Waals surface area contributed by atoms with Gasteiger partial charge in [0, 0.05) is 18.3 Å². The Morgan fingerprint density at radius 3 is 2.52 bits per heavy atom. The van der Waals surface area contributed by atoms with E-state index in [0.29, 0.717) is 11.4 Å². The van der Waals surface area contributed by atoms with E-state index in [1.165, 1.54) is 11.3 Å². The number of thiazole rings is 1. The molecule has 4 aromatic rings. The van der Waals surface area contributed by atoms with E-state index < -0.39 is 0 Å². The third kappa shape index (κ3) is 3.80. The molecule has 0 saturated heterocycles. The predicted molar refractivity (Wildman–Crippen MR) is 107 cm³/mol. The van der Waals surface area contributed by atoms with Crippen LogP contribution in [-0.2, 0) is 6.54 Å². The summed E-state index contributed by atoms with van der Waals surface area (Å²) >= 11 is 1.42. The van der Waals surface area contributed by atoms with Crippen LogP contribution in [0.5, 0.6) is 0 Å². The van der Waals surface area contributed by atoms with E-state index in [4.69, 9.17) is 0 Å². The van der Waals surface area contributed by atoms with Crippen LogP contribution >= 0.6 is 11.3 Å². The van der Waals surface area contributed by atoms with E-state index in [2.05, 4.69) is 20.5 Å². The molecule has 0 radical (unpaired) electrons. The Hall–Kier alpha value is -3.25. The maximum Gasteiger partial charge on any atom is 0.263 e. The number of H-pyrrole nitrogens is 1. The number of carbonyl (C=O) groups excluding carboxylic acids is 1. The average Bonchev–Trinajstić information content (AvgIpc) is 3.37. The van der Waals surface area contributed by atoms with Gasteiger partial charge in [0.25, 0.3) is 5.91 Å². The third-order valence-corrected chi connectivity index (χ3v) is 5.45. The monoisotopic (exact) mass is 374 g/mol. The fourth-order valence-corrected chi connectivity index (χ4v) is 3.78. The molecule has 0 bridgehead atoms. The Kier molecular flexibility index (Phi) is 4.80. The standard InChI is InChI=1S/C21H18N4OS/c1-14-19(27-21(24-14)17-5-3-2-4-6-17)20(26)22-13-15-7-9-16(10-8-15)18-11-12-23-25-18/h2-12H,13H2,1H3,(H,22,26)(H,23,25). The van der Waals surface area contributed by atoms with Crippen molar-refractivity contribution in [3.05, 3.63) is 83.0 Å². The van der Waals surface area contributed by atoms with Crippen molar-refractivity contribution < 1.29 is 4.79 Å². The smallest absolute Gasteiger partial charge is 0.263 e. The molecule has 0 unspecified atom stereocenters. The van der Waals surface area contributed by atoms with Crippen LogP contribution in [0.3, 0.4) is 0 Å². The maximum atomic E-state index is 12.6. The lowest BCUT2D eigenvalue weighted by atomic mass is 10.1. The van der Waals surface area contributed by atoms with Crippen molar-refractivity contribution in [3.63, 3.8) is 0 Å². The highest BCUT2D eigenvalue weighted by Crippen LogP contribution is 2.27. The molecule has 1 amide bonds. The minimum absolute atomic E-state index is 0.0928. The summed E-state index contributed by atoms with van der Waals surface area (Å²) in [5.41, 5.74) is 4.86. The van der Waals surface area contributed by atoms with Gasteiger partial charge < -0.3 is 5.32 Å². The highest BCUT2D eigenvalue weighted by atomic mass is 32.1. The molecule has 0 spiro atoms. The lowest BCUT2D eigenvalue weighted by molar-refractivity contribution is 0.0954. The zero-order valence-electron chi connectivity index (χ0n) is 14.8. The van der Waals surface area contributed by atoms with E-state index in [9.17, 15) is 4.79 Å². The van der Waals surface area contributed by atoms with Crippen molar-refractivity contribution in [2.24, 2.45) is 0 Å². The van der Waals surface area contributed by atoms with Gasteiger partial charge in [-0.25, -0.2) is 4.98 Å². The van der Waals surface area contributed by atoms with Gasteiger partial charge in [-0.1, -0.05) is 54.6 Å². The van der Waals surface area contributed by atoms with E-state index >= 15 is 0 Å². The number of nitrogens with one attached hydrogen (secondary N) is 2. The summed E-state index contributed by atoms with van der Waals surface area (Å²) in [5, 5.41) is 10.8. The Labute approximate surface area is 161 Å². The van der Waals surface area contributed by atoms with Crippen molar-refractivity contribution in [3.8, 4) is 21.8 Å². The number of benzene rings is 2. The first kappa shape index (κ1) is 17.2. The lowest BCUT2D eigenvalue weighted by Crippen LogP contribution is -2.22. The highest BCUT2D eigenvalue weighted by molar-refractivity contribution is 7.17. The van der Waals surface area contributed by atoms with Crippen LogP contribution < -0.4 is 5.32 Å². The number of carbonyl (C=O) groups is 1. The first-order valence-corrected chi connectivity index (χ1v) is 9.42. The first-order valence-electron chi connectivity index (χ1n) is 8.60. The quantitative estimate of drug-likeness (QED) is 0.542. The fraction of sp³-hybridized carbons (Fsp3) is 0.0952. The normalized spacial score (nSPS) is 10.7. The summed E-state index contributed by atoms with van der Waals surface area (Å²) < 4.78 is 0. The van der Waals surface area contributed by atoms with Gasteiger partial charge in [0.1, 0.15) is 9.88 Å². The van der Waals surface area contributed by atoms with E-state index in [1.807, 2.05) is 67.6 Å². The molecule has 2 N–H and O–H groups in total. The third-order valence-electron chi connectivity index (χ3n) is 4.24. The van der Waals surface area contributed by atoms with Crippen molar-refractivity contribution in [2.75, 3.05) is 0 Å². The molecular weight excluding hydrogens is 356 g/mol. The van der Waals surface area contributed by atoms with Crippen LogP contribution in [-0.4, -0.2) is 21.1 Å². The Morgan fingerprint density at radius 2 is 1.81 bits per heavy atom. The summed E-state index contributed by atoms with van der Waals surface area (Å²) in [4.78, 5) is 17.8. The van der Waals surface area contributed by atoms with Crippen LogP contribution in [0.1, 0.15) is 20.9 Å². The minimum Gasteiger partial charge on any atom is -0.347 e. The van der Waals surface area contributed by atoms with Gasteiger partial charge in [0.2, 0.25) is 0 Å². The summed E-state index contributed by atoms with van der Waals surface area (Å²) in [6.45, 7) is 2.34. The van der Waals surface area contributed by atoms with Crippen LogP contribution in [0.2, 0.25) is 0 Å². The summed E-state index contributed by atoms with van der Waals surface area (Å²) in [7, 11) is 0. The molecule has 134 valence electrons. The molecule has 2 heterocycles. The van der Waals surface area contributed by atoms with Crippen molar-refractivity contribution in [1.82, 2.24) is 20.5 Å². The number of aromatic nitrogens is 3. The number of aryl methyl sites for hydroxylation is 1. The summed E-state index contributed by atoms with van der Waals surface area (Å²) in [5.74, 6) is -0.0928. The Balaban J connectivity index is 1.43. The number of hydrogen-bond donors (Lipinski definition) is 2. The minimum atomic E-state index is -0.0928. The number of amides is 1. The molecule has 6 heteroatoms. The summed E-state index contributed by atoms with van der Waals surface area (Å²) in [6, 6.07) is 19.9. The number of aromatic amines is 1. The fourth-order valence-electron chi connectivity index (χ4n) is 2.79. The highest BCUT2D eigenvalue weighted by Gasteiger charge is 2.16. The second-order valence-corrected chi connectivity index (χ2v) is 7.15. The second-order valence-electron chi connectivity index (χ2n) is 6.15. The van der Waals surface area contributed by atoms with Gasteiger partial charge in [0.15, 0.2) is 0 Å². The number of hydrogen-bond acceptors (Lipinski definition) is 4. The van der Waals surface area contributed by atoms with Gasteiger partial charge in [-0.3, -0.25) is 9.89 Å². The molecule has 0 fully saturated rings. The zero-order chi connectivity index (χ0) is 18.6. The lowest BCUT2D eigenvalue weighted by Gasteiger charge is -2.05. The van der Waals surface area contributed by atoms with E-state index in [-0.39, 0.29) is 5.91 Å². The first-order chi connectivity index (χ1) is 13.2. The van der Waals surface area contributed by atoms with Gasteiger partial charge in [0.05, 0.1) is 11.4 Å². The molecule has 4 rings (SSSR count). The van der Waals surface area contributed by atoms with Crippen LogP contribution in [0.25, 0.3) is 21.8 Å². The van der Waals surface area contributed by atoms with E-state index in [1.54, 1.807) is 6.20 Å². The second kappa shape index (κ2) is 7.55. The average molecular weight is 374 g/mol. The molecule has 2 aromatic carbocycles. The zero-order valence-corrected chi connectivity index (χ0v) is 15.6. The Bertz CT molecular complexity index is 1040. The molecular formula is C21H18N4OS. The van der Waals surface area contributed by atoms with Crippen LogP contribution in [0.15, 0.2) is 66.9 Å². The molecule has 0 aliphatic heterocycles. The molecule has 2 aromatic heterocycles. The maximum absolute atomic E-state index is 12.6. The molecule has 0 atom stereocenters. The van der Waals surface area contributed by atoms with Gasteiger partial charge in [-0.05, 0) is 24.1 Å². The molecule has 5 nitrogen and oxygen atoms in total. The molecule has 27 heavy (non-hydrogen) atoms. The van der Waals surface area contributed by atoms with Gasteiger partial charge >= 0.3 is 0 Å². The molecule has 0 saturated carbocycles. The predicted octanol–water partition coefficient (Wildman–Crippen LogP) is 4.44. The Morgan fingerprint density at radius 1 is 1.04 bits per heavy atom. The molecule has 0 aliphatic carbocycles. The van der Waals surface area contributed by atoms with Crippen LogP contribution in [0.4, 0.5) is 0 Å². The largest absolute Gasteiger partial charge is 0.347 e. The topological polar surface area (TPSA) is 70.7 Å². The number of nitrogens with zero attached hydrogens (tertiary/aromatic N) is 2. The molecule has 0 aliphatic rings. The van der Waals surface area contributed by atoms with E-state index in [0.717, 1.165) is 33.1 Å². The van der Waals surface area contributed by atoms with Crippen molar-refractivity contribution in [2.45, 2.75) is 13.5 Å².